The number of piperazine rings is 1. The molecule has 6 heteroatoms. The van der Waals surface area contributed by atoms with Crippen molar-refractivity contribution in [3.63, 3.8) is 0 Å². The summed E-state index contributed by atoms with van der Waals surface area (Å²) in [4.78, 5) is 2.19. The summed E-state index contributed by atoms with van der Waals surface area (Å²) in [5.74, 6) is 0.264. The van der Waals surface area contributed by atoms with E-state index < -0.39 is 10.0 Å². The number of halogens is 1. The van der Waals surface area contributed by atoms with E-state index in [1.54, 1.807) is 4.31 Å². The summed E-state index contributed by atoms with van der Waals surface area (Å²) in [6.45, 7) is 6.52. The molecule has 4 nitrogen and oxygen atoms in total. The van der Waals surface area contributed by atoms with Crippen LogP contribution in [0.3, 0.4) is 0 Å². The lowest BCUT2D eigenvalue weighted by molar-refractivity contribution is 0.384. The Morgan fingerprint density at radius 3 is 2.43 bits per heavy atom. The van der Waals surface area contributed by atoms with Crippen LogP contribution < -0.4 is 4.90 Å². The fraction of sp³-hybridized carbons (Fsp3) is 0.600. The van der Waals surface area contributed by atoms with Crippen molar-refractivity contribution in [1.82, 2.24) is 4.31 Å². The lowest BCUT2D eigenvalue weighted by Gasteiger charge is -2.35. The van der Waals surface area contributed by atoms with Crippen molar-refractivity contribution >= 4 is 27.3 Å². The van der Waals surface area contributed by atoms with Gasteiger partial charge in [-0.25, -0.2) is 8.42 Å². The molecule has 0 aromatic heterocycles. The summed E-state index contributed by atoms with van der Waals surface area (Å²) in [5, 5.41) is 0.755. The molecular formula is C15H23ClN2O2S. The molecule has 1 aliphatic heterocycles. The lowest BCUT2D eigenvalue weighted by Crippen LogP contribution is -2.49. The Balaban J connectivity index is 1.98. The van der Waals surface area contributed by atoms with E-state index in [1.807, 2.05) is 32.0 Å². The van der Waals surface area contributed by atoms with Crippen LogP contribution in [-0.4, -0.2) is 44.7 Å². The van der Waals surface area contributed by atoms with E-state index >= 15 is 0 Å². The average Bonchev–Trinajstić information content (AvgIpc) is 2.48. The van der Waals surface area contributed by atoms with Crippen LogP contribution in [0.5, 0.6) is 0 Å². The lowest BCUT2D eigenvalue weighted by atomic mass is 10.2. The van der Waals surface area contributed by atoms with Crippen LogP contribution in [0.4, 0.5) is 5.69 Å². The average molecular weight is 331 g/mol. The van der Waals surface area contributed by atoms with Crippen LogP contribution in [0.1, 0.15) is 25.3 Å². The molecule has 0 spiro atoms. The molecule has 2 rings (SSSR count). The maximum absolute atomic E-state index is 12.2. The van der Waals surface area contributed by atoms with Crippen molar-refractivity contribution in [2.24, 2.45) is 0 Å². The van der Waals surface area contributed by atoms with E-state index in [9.17, 15) is 8.42 Å². The number of rotatable bonds is 5. The van der Waals surface area contributed by atoms with E-state index in [2.05, 4.69) is 4.90 Å². The van der Waals surface area contributed by atoms with Crippen LogP contribution >= 0.6 is 11.6 Å². The molecule has 118 valence electrons. The SMILES string of the molecule is CCCCS(=O)(=O)N1CCN(c2ccc(C)c(Cl)c2)CC1. The van der Waals surface area contributed by atoms with Crippen LogP contribution in [0.2, 0.25) is 5.02 Å². The molecule has 0 aliphatic carbocycles. The molecule has 21 heavy (non-hydrogen) atoms. The largest absolute Gasteiger partial charge is 0.369 e. The Morgan fingerprint density at radius 1 is 1.19 bits per heavy atom. The Kier molecular flexibility index (Phi) is 5.52. The molecular weight excluding hydrogens is 308 g/mol. The van der Waals surface area contributed by atoms with Crippen molar-refractivity contribution in [1.29, 1.82) is 0 Å². The zero-order valence-corrected chi connectivity index (χ0v) is 14.3. The minimum Gasteiger partial charge on any atom is -0.369 e. The summed E-state index contributed by atoms with van der Waals surface area (Å²) in [6, 6.07) is 6.00. The van der Waals surface area contributed by atoms with Gasteiger partial charge in [-0.1, -0.05) is 31.0 Å². The molecule has 1 aromatic rings. The molecule has 1 aliphatic rings. The van der Waals surface area contributed by atoms with Crippen molar-refractivity contribution in [2.45, 2.75) is 26.7 Å². The molecule has 1 aromatic carbocycles. The number of unbranched alkanes of at least 4 members (excludes halogenated alkanes) is 1. The molecule has 0 saturated carbocycles. The second-order valence-electron chi connectivity index (χ2n) is 5.49. The van der Waals surface area contributed by atoms with Crippen LogP contribution in [-0.2, 0) is 10.0 Å². The van der Waals surface area contributed by atoms with Gasteiger partial charge in [0.25, 0.3) is 0 Å². The van der Waals surface area contributed by atoms with Gasteiger partial charge in [0.2, 0.25) is 10.0 Å². The maximum Gasteiger partial charge on any atom is 0.214 e. The molecule has 0 N–H and O–H groups in total. The highest BCUT2D eigenvalue weighted by atomic mass is 35.5. The summed E-state index contributed by atoms with van der Waals surface area (Å²) < 4.78 is 26.0. The van der Waals surface area contributed by atoms with Gasteiger partial charge in [0, 0.05) is 36.9 Å². The first-order valence-electron chi connectivity index (χ1n) is 7.43. The molecule has 1 heterocycles. The smallest absolute Gasteiger partial charge is 0.214 e. The van der Waals surface area contributed by atoms with Crippen molar-refractivity contribution in [3.05, 3.63) is 28.8 Å². The molecule has 0 amide bonds. The van der Waals surface area contributed by atoms with Gasteiger partial charge in [0.1, 0.15) is 0 Å². The molecule has 0 atom stereocenters. The second kappa shape index (κ2) is 6.99. The summed E-state index contributed by atoms with van der Waals surface area (Å²) >= 11 is 6.16. The van der Waals surface area contributed by atoms with Crippen LogP contribution in [0, 0.1) is 6.92 Å². The van der Waals surface area contributed by atoms with E-state index in [4.69, 9.17) is 11.6 Å². The first-order valence-corrected chi connectivity index (χ1v) is 9.41. The van der Waals surface area contributed by atoms with Crippen LogP contribution in [0.15, 0.2) is 18.2 Å². The third kappa shape index (κ3) is 4.11. The summed E-state index contributed by atoms with van der Waals surface area (Å²) in [5.41, 5.74) is 2.12. The minimum absolute atomic E-state index is 0.264. The second-order valence-corrected chi connectivity index (χ2v) is 7.98. The molecule has 0 radical (unpaired) electrons. The van der Waals surface area contributed by atoms with Gasteiger partial charge < -0.3 is 4.90 Å². The van der Waals surface area contributed by atoms with Gasteiger partial charge in [-0.15, -0.1) is 0 Å². The van der Waals surface area contributed by atoms with Gasteiger partial charge in [0.05, 0.1) is 5.75 Å². The number of hydrogen-bond donors (Lipinski definition) is 0. The molecule has 1 saturated heterocycles. The highest BCUT2D eigenvalue weighted by molar-refractivity contribution is 7.89. The van der Waals surface area contributed by atoms with E-state index in [0.29, 0.717) is 26.2 Å². The predicted molar refractivity (Wildman–Crippen MR) is 88.7 cm³/mol. The van der Waals surface area contributed by atoms with Gasteiger partial charge in [0.15, 0.2) is 0 Å². The number of nitrogens with zero attached hydrogens (tertiary/aromatic N) is 2. The maximum atomic E-state index is 12.2. The zero-order chi connectivity index (χ0) is 15.5. The van der Waals surface area contributed by atoms with Crippen LogP contribution in [0.25, 0.3) is 0 Å². The zero-order valence-electron chi connectivity index (χ0n) is 12.7. The Bertz CT molecular complexity index is 581. The molecule has 0 unspecified atom stereocenters. The highest BCUT2D eigenvalue weighted by Gasteiger charge is 2.26. The number of aryl methyl sites for hydroxylation is 1. The quantitative estimate of drug-likeness (QED) is 0.833. The predicted octanol–water partition coefficient (Wildman–Crippen LogP) is 2.90. The number of anilines is 1. The normalized spacial score (nSPS) is 17.2. The topological polar surface area (TPSA) is 40.6 Å². The van der Waals surface area contributed by atoms with Gasteiger partial charge in [-0.05, 0) is 31.0 Å². The summed E-state index contributed by atoms with van der Waals surface area (Å²) in [7, 11) is -3.09. The standard InChI is InChI=1S/C15H23ClN2O2S/c1-3-4-11-21(19,20)18-9-7-17(8-10-18)14-6-5-13(2)15(16)12-14/h5-6,12H,3-4,7-11H2,1-2H3. The fourth-order valence-electron chi connectivity index (χ4n) is 2.46. The van der Waals surface area contributed by atoms with E-state index in [1.165, 1.54) is 0 Å². The van der Waals surface area contributed by atoms with Gasteiger partial charge in [-0.3, -0.25) is 0 Å². The fourth-order valence-corrected chi connectivity index (χ4v) is 4.26. The highest BCUT2D eigenvalue weighted by Crippen LogP contribution is 2.24. The van der Waals surface area contributed by atoms with Gasteiger partial charge in [-0.2, -0.15) is 4.31 Å². The van der Waals surface area contributed by atoms with Crippen molar-refractivity contribution < 1.29 is 8.42 Å². The Morgan fingerprint density at radius 2 is 1.86 bits per heavy atom. The van der Waals surface area contributed by atoms with Crippen molar-refractivity contribution in [2.75, 3.05) is 36.8 Å². The van der Waals surface area contributed by atoms with Crippen molar-refractivity contribution in [3.8, 4) is 0 Å². The van der Waals surface area contributed by atoms with E-state index in [-0.39, 0.29) is 5.75 Å². The minimum atomic E-state index is -3.09. The number of hydrogen-bond acceptors (Lipinski definition) is 3. The Labute approximate surface area is 132 Å². The third-order valence-electron chi connectivity index (χ3n) is 3.91. The van der Waals surface area contributed by atoms with Gasteiger partial charge >= 0.3 is 0 Å². The van der Waals surface area contributed by atoms with E-state index in [0.717, 1.165) is 29.1 Å². The monoisotopic (exact) mass is 330 g/mol. The molecule has 0 bridgehead atoms. The number of benzene rings is 1. The summed E-state index contributed by atoms with van der Waals surface area (Å²) in [6.07, 6.45) is 1.64. The molecule has 1 fully saturated rings. The Hall–Kier alpha value is -0.780. The first kappa shape index (κ1) is 16.6. The third-order valence-corrected chi connectivity index (χ3v) is 6.27. The first-order chi connectivity index (χ1) is 9.94. The number of sulfonamides is 1.